The molecule has 184 valence electrons. The van der Waals surface area contributed by atoms with E-state index >= 15 is 0 Å². The van der Waals surface area contributed by atoms with Crippen molar-refractivity contribution in [3.05, 3.63) is 24.1 Å². The van der Waals surface area contributed by atoms with Crippen LogP contribution in [0.4, 0.5) is 79.0 Å². The minimum atomic E-state index is -7.24. The Morgan fingerprint density at radius 2 is 0.613 bits per heavy atom. The van der Waals surface area contributed by atoms with Crippen molar-refractivity contribution in [1.29, 1.82) is 0 Å². The van der Waals surface area contributed by atoms with Crippen LogP contribution in [0, 0.1) is 0 Å². The largest absolute Gasteiger partial charge is 0.476 e. The highest BCUT2D eigenvalue weighted by molar-refractivity contribution is 4.96. The maximum Gasteiger partial charge on any atom is 0.476 e. The molecule has 3 nitrogen and oxygen atoms in total. The smallest absolute Gasteiger partial charge is 0.397 e. The van der Waals surface area contributed by atoms with Gasteiger partial charge in [0.2, 0.25) is 0 Å². The Labute approximate surface area is 155 Å². The van der Waals surface area contributed by atoms with Crippen molar-refractivity contribution in [2.24, 2.45) is 0 Å². The molecule has 0 heterocycles. The van der Waals surface area contributed by atoms with Gasteiger partial charge in [0.05, 0.1) is 0 Å². The van der Waals surface area contributed by atoms with E-state index in [-0.39, 0.29) is 0 Å². The van der Waals surface area contributed by atoms with Gasteiger partial charge in [-0.25, -0.2) is 0 Å². The van der Waals surface area contributed by atoms with Gasteiger partial charge in [-0.2, -0.15) is 79.0 Å². The molecule has 0 aromatic heterocycles. The summed E-state index contributed by atoms with van der Waals surface area (Å²) in [6.45, 7) is 0. The molecule has 0 saturated heterocycles. The number of halogens is 18. The molecule has 0 unspecified atom stereocenters. The summed E-state index contributed by atoms with van der Waals surface area (Å²) in [6.07, 6.45) is -28.3. The van der Waals surface area contributed by atoms with Gasteiger partial charge in [0, 0.05) is 0 Å². The highest BCUT2D eigenvalue weighted by Gasteiger charge is 2.77. The quantitative estimate of drug-likeness (QED) is 0.267. The van der Waals surface area contributed by atoms with Crippen LogP contribution in [0.5, 0.6) is 0 Å². The second-order valence-electron chi connectivity index (χ2n) is 4.58. The molecule has 0 aromatic rings. The van der Waals surface area contributed by atoms with Crippen LogP contribution in [0.1, 0.15) is 0 Å². The zero-order valence-electron chi connectivity index (χ0n) is 13.0. The maximum absolute atomic E-state index is 12.8. The van der Waals surface area contributed by atoms with E-state index in [1.165, 1.54) is 0 Å². The van der Waals surface area contributed by atoms with Gasteiger partial charge in [0.1, 0.15) is 0 Å². The lowest BCUT2D eigenvalue weighted by atomic mass is 10.3. The molecule has 0 rings (SSSR count). The Bertz CT molecular complexity index is 653. The normalized spacial score (nSPS) is 16.5. The third-order valence-electron chi connectivity index (χ3n) is 2.37. The van der Waals surface area contributed by atoms with Gasteiger partial charge in [-0.05, 0) is 0 Å². The van der Waals surface area contributed by atoms with Gasteiger partial charge in [-0.1, -0.05) is 0 Å². The predicted octanol–water partition coefficient (Wildman–Crippen LogP) is 6.75. The summed E-state index contributed by atoms with van der Waals surface area (Å²) in [5, 5.41) is 0. The summed E-state index contributed by atoms with van der Waals surface area (Å²) in [4.78, 5) is 0. The van der Waals surface area contributed by atoms with Crippen molar-refractivity contribution in [2.45, 2.75) is 36.4 Å². The summed E-state index contributed by atoms with van der Waals surface area (Å²) in [5.74, 6) is -14.5. The van der Waals surface area contributed by atoms with Gasteiger partial charge in [-0.3, -0.25) is 0 Å². The molecule has 0 aliphatic heterocycles. The lowest BCUT2D eigenvalue weighted by Crippen LogP contribution is -2.53. The van der Waals surface area contributed by atoms with E-state index in [1.54, 1.807) is 0 Å². The van der Waals surface area contributed by atoms with Crippen molar-refractivity contribution in [3.8, 4) is 0 Å². The second kappa shape index (κ2) is 8.28. The average Bonchev–Trinajstić information content (AvgIpc) is 2.51. The monoisotopic (exact) mass is 510 g/mol. The van der Waals surface area contributed by atoms with Crippen LogP contribution in [0.15, 0.2) is 24.1 Å². The molecule has 0 aliphatic carbocycles. The molecule has 0 N–H and O–H groups in total. The maximum atomic E-state index is 12.8. The van der Waals surface area contributed by atoms with Crippen LogP contribution in [0.2, 0.25) is 0 Å². The van der Waals surface area contributed by atoms with E-state index in [2.05, 4.69) is 4.74 Å². The van der Waals surface area contributed by atoms with E-state index in [4.69, 9.17) is 0 Å². The minimum Gasteiger partial charge on any atom is -0.397 e. The first-order valence-corrected chi connectivity index (χ1v) is 6.13. The zero-order chi connectivity index (χ0) is 25.4. The molecule has 31 heavy (non-hydrogen) atoms. The summed E-state index contributed by atoms with van der Waals surface area (Å²) >= 11 is 0. The van der Waals surface area contributed by atoms with Gasteiger partial charge in [-0.15, -0.1) is 0 Å². The molecule has 0 aromatic carbocycles. The molecule has 0 bridgehead atoms. The summed E-state index contributed by atoms with van der Waals surface area (Å²) in [7, 11) is 0. The van der Waals surface area contributed by atoms with Crippen LogP contribution < -0.4 is 0 Å². The topological polar surface area (TPSA) is 27.7 Å². The van der Waals surface area contributed by atoms with Crippen LogP contribution in [0.25, 0.3) is 0 Å². The number of ether oxygens (including phenoxy) is 3. The zero-order valence-corrected chi connectivity index (χ0v) is 13.0. The molecule has 0 aliphatic rings. The Hall–Kier alpha value is -2.38. The van der Waals surface area contributed by atoms with E-state index < -0.39 is 60.5 Å². The Morgan fingerprint density at radius 1 is 0.387 bits per heavy atom. The van der Waals surface area contributed by atoms with Crippen molar-refractivity contribution in [2.75, 3.05) is 0 Å². The molecule has 0 saturated carbocycles. The van der Waals surface area contributed by atoms with E-state index in [0.29, 0.717) is 0 Å². The first-order valence-electron chi connectivity index (χ1n) is 6.13. The van der Waals surface area contributed by atoms with Crippen LogP contribution in [-0.4, -0.2) is 36.4 Å². The Balaban J connectivity index is 5.69. The van der Waals surface area contributed by atoms with Crippen molar-refractivity contribution >= 4 is 0 Å². The number of hydrogen-bond acceptors (Lipinski definition) is 3. The van der Waals surface area contributed by atoms with Gasteiger partial charge < -0.3 is 14.2 Å². The van der Waals surface area contributed by atoms with E-state index in [1.807, 2.05) is 9.47 Å². The highest BCUT2D eigenvalue weighted by Crippen LogP contribution is 2.49. The average molecular weight is 510 g/mol. The molecular weight excluding hydrogens is 510 g/mol. The molecule has 0 spiro atoms. The molecule has 0 radical (unpaired) electrons. The number of alkyl halides is 14. The van der Waals surface area contributed by atoms with Crippen molar-refractivity contribution in [1.82, 2.24) is 0 Å². The summed E-state index contributed by atoms with van der Waals surface area (Å²) < 4.78 is 227. The molecule has 21 heteroatoms. The lowest BCUT2D eigenvalue weighted by Gasteiger charge is -2.27. The van der Waals surface area contributed by atoms with Gasteiger partial charge in [0.25, 0.3) is 0 Å². The summed E-state index contributed by atoms with van der Waals surface area (Å²) in [5.41, 5.74) is 0. The minimum absolute atomic E-state index is 1.91. The van der Waals surface area contributed by atoms with Crippen LogP contribution in [0.3, 0.4) is 0 Å². The molecule has 0 atom stereocenters. The van der Waals surface area contributed by atoms with Crippen molar-refractivity contribution in [3.63, 3.8) is 0 Å². The summed E-state index contributed by atoms with van der Waals surface area (Å²) in [6, 6.07) is -15.8. The second-order valence-corrected chi connectivity index (χ2v) is 4.58. The first kappa shape index (κ1) is 28.6. The fraction of sp³-hybridized carbons (Fsp3) is 0.600. The third kappa shape index (κ3) is 5.86. The molecule has 0 amide bonds. The standard InChI is InChI=1S/C10F18O3/c11-1(3(13)30-9(25,26)5(15,16)7(19,20)21)29-2(12)4(14)31-10(27,28)6(17,18)8(22,23)24. The number of hydrogen-bond donors (Lipinski definition) is 0. The van der Waals surface area contributed by atoms with Crippen LogP contribution >= 0.6 is 0 Å². The van der Waals surface area contributed by atoms with Crippen molar-refractivity contribution < 1.29 is 93.2 Å². The lowest BCUT2D eigenvalue weighted by molar-refractivity contribution is -0.420. The van der Waals surface area contributed by atoms with Gasteiger partial charge >= 0.3 is 60.5 Å². The Morgan fingerprint density at radius 3 is 0.806 bits per heavy atom. The van der Waals surface area contributed by atoms with E-state index in [0.717, 1.165) is 0 Å². The number of rotatable bonds is 8. The molecule has 0 fully saturated rings. The first-order chi connectivity index (χ1) is 13.3. The van der Waals surface area contributed by atoms with Gasteiger partial charge in [0.15, 0.2) is 0 Å². The van der Waals surface area contributed by atoms with E-state index in [9.17, 15) is 79.0 Å². The SMILES string of the molecule is FC(OC(F)=C(F)OC(F)(F)C(F)(F)C(F)(F)F)=C(F)OC(F)(F)C(F)(F)C(F)(F)F. The highest BCUT2D eigenvalue weighted by atomic mass is 19.4. The molecular formula is C10F18O3. The Kier molecular flexibility index (Phi) is 7.64. The fourth-order valence-corrected chi connectivity index (χ4v) is 0.922. The van der Waals surface area contributed by atoms with Crippen LogP contribution in [-0.2, 0) is 14.2 Å². The fourth-order valence-electron chi connectivity index (χ4n) is 0.922. The predicted molar refractivity (Wildman–Crippen MR) is 53.6 cm³/mol. The third-order valence-corrected chi connectivity index (χ3v) is 2.37.